The molecule has 2 rings (SSSR count). The molecule has 2 N–H and O–H groups in total. The molecule has 0 saturated carbocycles. The summed E-state index contributed by atoms with van der Waals surface area (Å²) in [6.07, 6.45) is 5.37. The molecular weight excluding hydrogens is 270 g/mol. The first-order valence-electron chi connectivity index (χ1n) is 6.90. The third-order valence-corrected chi connectivity index (χ3v) is 2.87. The second-order valence-electron chi connectivity index (χ2n) is 4.87. The molecule has 0 aliphatic heterocycles. The van der Waals surface area contributed by atoms with E-state index in [1.165, 1.54) is 6.33 Å². The number of hydrogen-bond acceptors (Lipinski definition) is 6. The first kappa shape index (κ1) is 15.4. The zero-order valence-electron chi connectivity index (χ0n) is 12.4. The van der Waals surface area contributed by atoms with Crippen LogP contribution in [0, 0.1) is 0 Å². The third kappa shape index (κ3) is 3.77. The maximum Gasteiger partial charge on any atom is 0.167 e. The molecule has 2 aromatic rings. The van der Waals surface area contributed by atoms with E-state index in [-0.39, 0.29) is 12.3 Å². The minimum atomic E-state index is -0.214. The molecule has 2 aromatic heterocycles. The van der Waals surface area contributed by atoms with E-state index in [1.807, 2.05) is 18.4 Å². The number of fused-ring (bicyclic) bond motifs is 1. The summed E-state index contributed by atoms with van der Waals surface area (Å²) in [4.78, 5) is 12.5. The number of ether oxygens (including phenoxy) is 2. The smallest absolute Gasteiger partial charge is 0.167 e. The summed E-state index contributed by atoms with van der Waals surface area (Å²) in [5.41, 5.74) is 7.06. The van der Waals surface area contributed by atoms with Crippen LogP contribution in [0.1, 0.15) is 26.5 Å². The lowest BCUT2D eigenvalue weighted by Crippen LogP contribution is -2.19. The predicted molar refractivity (Wildman–Crippen MR) is 80.6 cm³/mol. The van der Waals surface area contributed by atoms with Gasteiger partial charge in [0.25, 0.3) is 0 Å². The average Bonchev–Trinajstić information content (AvgIpc) is 2.87. The number of imidazole rings is 1. The normalized spacial score (nSPS) is 12.9. The molecule has 0 aliphatic carbocycles. The second kappa shape index (κ2) is 7.14. The van der Waals surface area contributed by atoms with Gasteiger partial charge in [-0.25, -0.2) is 15.0 Å². The van der Waals surface area contributed by atoms with Crippen molar-refractivity contribution in [1.29, 1.82) is 0 Å². The molecular formula is C14H21N5O2. The number of nitrogens with two attached hydrogens (primary N) is 1. The number of nitrogens with zero attached hydrogens (tertiary/aromatic N) is 4. The van der Waals surface area contributed by atoms with Crippen molar-refractivity contribution in [2.24, 2.45) is 0 Å². The van der Waals surface area contributed by atoms with Gasteiger partial charge in [0.2, 0.25) is 0 Å². The van der Waals surface area contributed by atoms with E-state index in [0.717, 1.165) is 0 Å². The number of aromatic nitrogens is 4. The molecule has 7 nitrogen and oxygen atoms in total. The van der Waals surface area contributed by atoms with Crippen molar-refractivity contribution < 1.29 is 9.47 Å². The van der Waals surface area contributed by atoms with Crippen molar-refractivity contribution in [3.05, 3.63) is 25.3 Å². The molecule has 0 amide bonds. The van der Waals surface area contributed by atoms with Gasteiger partial charge < -0.3 is 15.2 Å². The van der Waals surface area contributed by atoms with Crippen LogP contribution in [0.4, 0.5) is 5.82 Å². The summed E-state index contributed by atoms with van der Waals surface area (Å²) in [7, 11) is 0. The van der Waals surface area contributed by atoms with Crippen LogP contribution < -0.4 is 5.73 Å². The summed E-state index contributed by atoms with van der Waals surface area (Å²) in [6.45, 7) is 8.68. The Labute approximate surface area is 123 Å². The van der Waals surface area contributed by atoms with E-state index in [0.29, 0.717) is 36.6 Å². The summed E-state index contributed by atoms with van der Waals surface area (Å²) in [5, 5.41) is 0. The third-order valence-electron chi connectivity index (χ3n) is 2.87. The molecule has 1 unspecified atom stereocenters. The number of nitrogen functional groups attached to an aromatic ring is 1. The Balaban J connectivity index is 2.21. The van der Waals surface area contributed by atoms with Crippen molar-refractivity contribution in [3.63, 3.8) is 0 Å². The van der Waals surface area contributed by atoms with E-state index < -0.39 is 0 Å². The molecule has 0 bridgehead atoms. The quantitative estimate of drug-likeness (QED) is 0.590. The van der Waals surface area contributed by atoms with Gasteiger partial charge in [0.05, 0.1) is 25.6 Å². The average molecular weight is 291 g/mol. The lowest BCUT2D eigenvalue weighted by atomic mass is 10.3. The van der Waals surface area contributed by atoms with Crippen LogP contribution in [0.2, 0.25) is 0 Å². The van der Waals surface area contributed by atoms with Crippen LogP contribution in [0.3, 0.4) is 0 Å². The first-order valence-corrected chi connectivity index (χ1v) is 6.90. The predicted octanol–water partition coefficient (Wildman–Crippen LogP) is 1.92. The highest BCUT2D eigenvalue weighted by Gasteiger charge is 2.18. The largest absolute Gasteiger partial charge is 0.382 e. The van der Waals surface area contributed by atoms with Crippen LogP contribution in [0.25, 0.3) is 11.2 Å². The van der Waals surface area contributed by atoms with Crippen LogP contribution in [-0.4, -0.2) is 38.8 Å². The standard InChI is InChI=1S/C14H21N5O2/c1-4-6-20-7-5-11(21-10(2)3)19-9-18-12-13(15)16-8-17-14(12)19/h4,8-11H,1,5-7H2,2-3H3,(H2,15,16,17). The van der Waals surface area contributed by atoms with E-state index in [2.05, 4.69) is 21.5 Å². The fraction of sp³-hybridized carbons (Fsp3) is 0.500. The lowest BCUT2D eigenvalue weighted by Gasteiger charge is -2.22. The molecule has 0 aliphatic rings. The molecule has 21 heavy (non-hydrogen) atoms. The Morgan fingerprint density at radius 3 is 2.90 bits per heavy atom. The number of anilines is 1. The molecule has 7 heteroatoms. The second-order valence-corrected chi connectivity index (χ2v) is 4.87. The van der Waals surface area contributed by atoms with Gasteiger partial charge >= 0.3 is 0 Å². The fourth-order valence-corrected chi connectivity index (χ4v) is 2.02. The SMILES string of the molecule is C=CCOCCC(OC(C)C)n1cnc2c(N)ncnc21. The fourth-order valence-electron chi connectivity index (χ4n) is 2.02. The van der Waals surface area contributed by atoms with Crippen LogP contribution in [0.15, 0.2) is 25.3 Å². The summed E-state index contributed by atoms with van der Waals surface area (Å²) in [5.74, 6) is 0.366. The Morgan fingerprint density at radius 2 is 2.19 bits per heavy atom. The molecule has 0 spiro atoms. The molecule has 0 radical (unpaired) electrons. The highest BCUT2D eigenvalue weighted by Crippen LogP contribution is 2.23. The number of hydrogen-bond donors (Lipinski definition) is 1. The van der Waals surface area contributed by atoms with E-state index >= 15 is 0 Å². The summed E-state index contributed by atoms with van der Waals surface area (Å²) >= 11 is 0. The maximum absolute atomic E-state index is 5.94. The number of rotatable bonds is 8. The van der Waals surface area contributed by atoms with E-state index in [1.54, 1.807) is 12.4 Å². The zero-order chi connectivity index (χ0) is 15.2. The van der Waals surface area contributed by atoms with Gasteiger partial charge in [0.15, 0.2) is 11.5 Å². The molecule has 0 fully saturated rings. The molecule has 1 atom stereocenters. The first-order chi connectivity index (χ1) is 10.1. The lowest BCUT2D eigenvalue weighted by molar-refractivity contribution is -0.0518. The van der Waals surface area contributed by atoms with Crippen LogP contribution >= 0.6 is 0 Å². The van der Waals surface area contributed by atoms with Gasteiger partial charge in [-0.15, -0.1) is 6.58 Å². The van der Waals surface area contributed by atoms with Crippen molar-refractivity contribution in [3.8, 4) is 0 Å². The molecule has 0 saturated heterocycles. The molecule has 0 aromatic carbocycles. The van der Waals surface area contributed by atoms with Gasteiger partial charge in [0, 0.05) is 6.42 Å². The van der Waals surface area contributed by atoms with Gasteiger partial charge in [0.1, 0.15) is 18.1 Å². The summed E-state index contributed by atoms with van der Waals surface area (Å²) in [6, 6.07) is 0. The van der Waals surface area contributed by atoms with Crippen molar-refractivity contribution in [1.82, 2.24) is 19.5 Å². The van der Waals surface area contributed by atoms with Gasteiger partial charge in [-0.1, -0.05) is 6.08 Å². The Bertz CT molecular complexity index is 596. The van der Waals surface area contributed by atoms with Crippen LogP contribution in [0.5, 0.6) is 0 Å². The maximum atomic E-state index is 5.94. The van der Waals surface area contributed by atoms with Gasteiger partial charge in [-0.05, 0) is 13.8 Å². The van der Waals surface area contributed by atoms with Crippen molar-refractivity contribution >= 4 is 17.0 Å². The van der Waals surface area contributed by atoms with Gasteiger partial charge in [-0.3, -0.25) is 4.57 Å². The Hall–Kier alpha value is -1.99. The monoisotopic (exact) mass is 291 g/mol. The molecule has 114 valence electrons. The highest BCUT2D eigenvalue weighted by atomic mass is 16.5. The van der Waals surface area contributed by atoms with E-state index in [9.17, 15) is 0 Å². The van der Waals surface area contributed by atoms with Crippen molar-refractivity contribution in [2.45, 2.75) is 32.6 Å². The Morgan fingerprint density at radius 1 is 1.38 bits per heavy atom. The van der Waals surface area contributed by atoms with Crippen LogP contribution in [-0.2, 0) is 9.47 Å². The highest BCUT2D eigenvalue weighted by molar-refractivity contribution is 5.81. The van der Waals surface area contributed by atoms with Gasteiger partial charge in [-0.2, -0.15) is 0 Å². The Kier molecular flexibility index (Phi) is 5.24. The minimum Gasteiger partial charge on any atom is -0.382 e. The zero-order valence-corrected chi connectivity index (χ0v) is 12.4. The topological polar surface area (TPSA) is 88.1 Å². The minimum absolute atomic E-state index is 0.0750. The van der Waals surface area contributed by atoms with Crippen molar-refractivity contribution in [2.75, 3.05) is 18.9 Å². The summed E-state index contributed by atoms with van der Waals surface area (Å²) < 4.78 is 13.2. The van der Waals surface area contributed by atoms with E-state index in [4.69, 9.17) is 15.2 Å². The molecule has 2 heterocycles.